The molecule has 0 bridgehead atoms. The summed E-state index contributed by atoms with van der Waals surface area (Å²) in [6.45, 7) is 5.62. The topological polar surface area (TPSA) is 81.3 Å². The van der Waals surface area contributed by atoms with Gasteiger partial charge in [-0.25, -0.2) is 0 Å². The van der Waals surface area contributed by atoms with Gasteiger partial charge < -0.3 is 15.0 Å². The highest BCUT2D eigenvalue weighted by Crippen LogP contribution is 2.16. The average Bonchev–Trinajstić information content (AvgIpc) is 2.99. The van der Waals surface area contributed by atoms with Crippen molar-refractivity contribution in [2.24, 2.45) is 5.92 Å². The minimum Gasteiger partial charge on any atom is -0.358 e. The van der Waals surface area contributed by atoms with Gasteiger partial charge in [0.25, 0.3) is 0 Å². The van der Waals surface area contributed by atoms with Crippen molar-refractivity contribution in [3.8, 4) is 0 Å². The molecule has 1 aromatic heterocycles. The maximum absolute atomic E-state index is 12.2. The Balaban J connectivity index is 2.03. The first-order chi connectivity index (χ1) is 8.99. The molecule has 2 heterocycles. The summed E-state index contributed by atoms with van der Waals surface area (Å²) in [4.78, 5) is 24.1. The highest BCUT2D eigenvalue weighted by atomic mass is 16.6. The lowest BCUT2D eigenvalue weighted by Crippen LogP contribution is -2.34. The Bertz CT molecular complexity index is 491. The van der Waals surface area contributed by atoms with E-state index in [9.17, 15) is 14.9 Å². The highest BCUT2D eigenvalue weighted by molar-refractivity contribution is 5.78. The fourth-order valence-corrected chi connectivity index (χ4v) is 2.35. The van der Waals surface area contributed by atoms with Crippen LogP contribution in [0.15, 0.2) is 6.07 Å². The van der Waals surface area contributed by atoms with Gasteiger partial charge in [-0.1, -0.05) is 6.92 Å². The Morgan fingerprint density at radius 2 is 2.16 bits per heavy atom. The maximum Gasteiger partial charge on any atom is 0.390 e. The van der Waals surface area contributed by atoms with Gasteiger partial charge in [0.2, 0.25) is 5.91 Å². The molecule has 1 aliphatic rings. The summed E-state index contributed by atoms with van der Waals surface area (Å²) in [5.41, 5.74) is 0.702. The number of carbonyl (C=O) groups excluding carboxylic acids is 1. The Morgan fingerprint density at radius 3 is 2.68 bits per heavy atom. The largest absolute Gasteiger partial charge is 0.390 e. The predicted molar refractivity (Wildman–Crippen MR) is 68.6 cm³/mol. The van der Waals surface area contributed by atoms with Gasteiger partial charge in [-0.15, -0.1) is 0 Å². The van der Waals surface area contributed by atoms with Crippen molar-refractivity contribution in [3.05, 3.63) is 21.9 Å². The summed E-state index contributed by atoms with van der Waals surface area (Å²) in [7, 11) is 0. The lowest BCUT2D eigenvalue weighted by atomic mass is 10.1. The second kappa shape index (κ2) is 5.38. The number of hydrogen-bond donors (Lipinski definition) is 0. The molecule has 1 atom stereocenters. The molecule has 1 aliphatic heterocycles. The molecular formula is C12H18N4O3. The zero-order valence-electron chi connectivity index (χ0n) is 11.2. The molecular weight excluding hydrogens is 248 g/mol. The molecule has 19 heavy (non-hydrogen) atoms. The van der Waals surface area contributed by atoms with E-state index in [1.807, 2.05) is 11.8 Å². The van der Waals surface area contributed by atoms with E-state index in [1.54, 1.807) is 6.92 Å². The Morgan fingerprint density at radius 1 is 1.53 bits per heavy atom. The molecule has 0 aliphatic carbocycles. The summed E-state index contributed by atoms with van der Waals surface area (Å²) in [6.07, 6.45) is 2.12. The molecule has 0 spiro atoms. The Hall–Kier alpha value is -1.92. The van der Waals surface area contributed by atoms with E-state index < -0.39 is 4.92 Å². The maximum atomic E-state index is 12.2. The summed E-state index contributed by atoms with van der Waals surface area (Å²) >= 11 is 0. The number of aryl methyl sites for hydroxylation is 1. The first-order valence-corrected chi connectivity index (χ1v) is 6.46. The highest BCUT2D eigenvalue weighted by Gasteiger charge is 2.25. The Kier molecular flexibility index (Phi) is 3.82. The number of hydrogen-bond acceptors (Lipinski definition) is 4. The fourth-order valence-electron chi connectivity index (χ4n) is 2.35. The predicted octanol–water partition coefficient (Wildman–Crippen LogP) is 1.36. The van der Waals surface area contributed by atoms with E-state index in [1.165, 1.54) is 10.7 Å². The van der Waals surface area contributed by atoms with Crippen molar-refractivity contribution in [2.75, 3.05) is 13.1 Å². The van der Waals surface area contributed by atoms with Crippen molar-refractivity contribution in [2.45, 2.75) is 33.2 Å². The van der Waals surface area contributed by atoms with Gasteiger partial charge in [0.15, 0.2) is 0 Å². The molecule has 7 heteroatoms. The van der Waals surface area contributed by atoms with Crippen LogP contribution in [-0.4, -0.2) is 38.6 Å². The van der Waals surface area contributed by atoms with Gasteiger partial charge in [0, 0.05) is 13.1 Å². The summed E-state index contributed by atoms with van der Waals surface area (Å²) < 4.78 is 1.54. The van der Waals surface area contributed by atoms with Gasteiger partial charge in [0.1, 0.15) is 0 Å². The van der Waals surface area contributed by atoms with Crippen LogP contribution in [-0.2, 0) is 11.3 Å². The monoisotopic (exact) mass is 266 g/mol. The lowest BCUT2D eigenvalue weighted by molar-refractivity contribution is -0.389. The number of nitrogens with zero attached hydrogens (tertiary/aromatic N) is 4. The number of amides is 1. The molecule has 0 unspecified atom stereocenters. The van der Waals surface area contributed by atoms with Crippen LogP contribution in [0.25, 0.3) is 0 Å². The van der Waals surface area contributed by atoms with E-state index in [0.29, 0.717) is 12.2 Å². The summed E-state index contributed by atoms with van der Waals surface area (Å²) in [6, 6.07) is 1.42. The zero-order chi connectivity index (χ0) is 14.0. The van der Waals surface area contributed by atoms with E-state index in [-0.39, 0.29) is 17.6 Å². The molecule has 1 aromatic rings. The lowest BCUT2D eigenvalue weighted by Gasteiger charge is -2.19. The first-order valence-electron chi connectivity index (χ1n) is 6.46. The van der Waals surface area contributed by atoms with Crippen molar-refractivity contribution in [1.29, 1.82) is 0 Å². The molecule has 104 valence electrons. The second-order valence-electron chi connectivity index (χ2n) is 5.02. The molecule has 0 saturated carbocycles. The van der Waals surface area contributed by atoms with Crippen LogP contribution in [0.5, 0.6) is 0 Å². The summed E-state index contributed by atoms with van der Waals surface area (Å²) in [5.74, 6) is -0.273. The van der Waals surface area contributed by atoms with Crippen LogP contribution in [0, 0.1) is 23.0 Å². The zero-order valence-corrected chi connectivity index (χ0v) is 11.2. The van der Waals surface area contributed by atoms with Crippen molar-refractivity contribution >= 4 is 11.7 Å². The SMILES string of the molecule is Cc1cc([N+](=O)[O-])nn1C[C@@H](C)C(=O)N1CCCC1. The molecule has 0 radical (unpaired) electrons. The van der Waals surface area contributed by atoms with Crippen molar-refractivity contribution in [3.63, 3.8) is 0 Å². The molecule has 7 nitrogen and oxygen atoms in total. The number of likely N-dealkylation sites (tertiary alicyclic amines) is 1. The quantitative estimate of drug-likeness (QED) is 0.608. The molecule has 1 saturated heterocycles. The minimum absolute atomic E-state index is 0.107. The first kappa shape index (κ1) is 13.5. The molecule has 0 N–H and O–H groups in total. The van der Waals surface area contributed by atoms with E-state index >= 15 is 0 Å². The van der Waals surface area contributed by atoms with Crippen LogP contribution in [0.2, 0.25) is 0 Å². The number of carbonyl (C=O) groups is 1. The standard InChI is InChI=1S/C12H18N4O3/c1-9(12(17)14-5-3-4-6-14)8-15-10(2)7-11(13-15)16(18)19/h7,9H,3-6,8H2,1-2H3/t9-/m1/s1. The van der Waals surface area contributed by atoms with Crippen LogP contribution in [0.3, 0.4) is 0 Å². The van der Waals surface area contributed by atoms with Gasteiger partial charge >= 0.3 is 5.82 Å². The van der Waals surface area contributed by atoms with E-state index in [4.69, 9.17) is 0 Å². The normalized spacial score (nSPS) is 16.6. The van der Waals surface area contributed by atoms with E-state index in [0.717, 1.165) is 25.9 Å². The molecule has 1 amide bonds. The third kappa shape index (κ3) is 2.91. The Labute approximate surface area is 111 Å². The van der Waals surface area contributed by atoms with Gasteiger partial charge in [-0.05, 0) is 24.7 Å². The van der Waals surface area contributed by atoms with Crippen LogP contribution in [0.4, 0.5) is 5.82 Å². The number of rotatable bonds is 4. The van der Waals surface area contributed by atoms with Gasteiger partial charge in [-0.3, -0.25) is 4.79 Å². The number of nitro groups is 1. The smallest absolute Gasteiger partial charge is 0.358 e. The third-order valence-electron chi connectivity index (χ3n) is 3.44. The average molecular weight is 266 g/mol. The van der Waals surface area contributed by atoms with Crippen LogP contribution < -0.4 is 0 Å². The van der Waals surface area contributed by atoms with Crippen LogP contribution in [0.1, 0.15) is 25.5 Å². The van der Waals surface area contributed by atoms with E-state index in [2.05, 4.69) is 5.10 Å². The van der Waals surface area contributed by atoms with Crippen molar-refractivity contribution in [1.82, 2.24) is 14.7 Å². The van der Waals surface area contributed by atoms with Crippen molar-refractivity contribution < 1.29 is 9.72 Å². The molecule has 1 fully saturated rings. The fraction of sp³-hybridized carbons (Fsp3) is 0.667. The third-order valence-corrected chi connectivity index (χ3v) is 3.44. The second-order valence-corrected chi connectivity index (χ2v) is 5.02. The molecule has 2 rings (SSSR count). The van der Waals surface area contributed by atoms with Gasteiger partial charge in [0.05, 0.1) is 29.3 Å². The van der Waals surface area contributed by atoms with Crippen LogP contribution >= 0.6 is 0 Å². The minimum atomic E-state index is -0.517. The summed E-state index contributed by atoms with van der Waals surface area (Å²) in [5, 5.41) is 14.6. The molecule has 0 aromatic carbocycles. The number of aromatic nitrogens is 2. The van der Waals surface area contributed by atoms with Gasteiger partial charge in [-0.2, -0.15) is 4.68 Å².